The molecule has 0 spiro atoms. The van der Waals surface area contributed by atoms with Gasteiger partial charge in [-0.2, -0.15) is 0 Å². The first kappa shape index (κ1) is 13.3. The molecule has 0 atom stereocenters. The van der Waals surface area contributed by atoms with Crippen molar-refractivity contribution in [3.63, 3.8) is 0 Å². The molecule has 16 heavy (non-hydrogen) atoms. The van der Waals surface area contributed by atoms with Gasteiger partial charge >= 0.3 is 5.97 Å². The number of esters is 1. The zero-order valence-electron chi connectivity index (χ0n) is 10.5. The van der Waals surface area contributed by atoms with E-state index in [1.807, 2.05) is 0 Å². The molecule has 0 saturated carbocycles. The Balaban J connectivity index is 1.93. The van der Waals surface area contributed by atoms with Crippen LogP contribution in [0.3, 0.4) is 0 Å². The molecule has 1 aliphatic rings. The Morgan fingerprint density at radius 3 is 2.44 bits per heavy atom. The normalized spacial score (nSPS) is 18.1. The van der Waals surface area contributed by atoms with Gasteiger partial charge in [0, 0.05) is 12.0 Å². The average molecular weight is 224 g/mol. The highest BCUT2D eigenvalue weighted by Crippen LogP contribution is 2.15. The van der Waals surface area contributed by atoms with E-state index in [0.29, 0.717) is 6.61 Å². The summed E-state index contributed by atoms with van der Waals surface area (Å²) in [7, 11) is 0. The van der Waals surface area contributed by atoms with Crippen LogP contribution in [0.15, 0.2) is 11.6 Å². The summed E-state index contributed by atoms with van der Waals surface area (Å²) in [5.74, 6) is -0.0945. The van der Waals surface area contributed by atoms with Crippen molar-refractivity contribution in [2.45, 2.75) is 64.7 Å². The number of unbranched alkanes of at least 4 members (excludes halogenated alkanes) is 7. The predicted octanol–water partition coefficient (Wildman–Crippen LogP) is 4.00. The quantitative estimate of drug-likeness (QED) is 0.354. The zero-order chi connectivity index (χ0) is 11.6. The Kier molecular flexibility index (Phi) is 6.95. The van der Waals surface area contributed by atoms with E-state index in [-0.39, 0.29) is 5.97 Å². The first-order valence-electron chi connectivity index (χ1n) is 6.70. The number of allylic oxidation sites excluding steroid dienone is 1. The lowest BCUT2D eigenvalue weighted by atomic mass is 10.1. The van der Waals surface area contributed by atoms with Gasteiger partial charge in [0.1, 0.15) is 0 Å². The maximum atomic E-state index is 11.1. The molecule has 1 fully saturated rings. The molecule has 0 N–H and O–H groups in total. The summed E-state index contributed by atoms with van der Waals surface area (Å²) in [4.78, 5) is 11.1. The summed E-state index contributed by atoms with van der Waals surface area (Å²) in [5, 5.41) is 0. The van der Waals surface area contributed by atoms with Crippen molar-refractivity contribution in [3.05, 3.63) is 11.6 Å². The molecular formula is C14H24O2. The van der Waals surface area contributed by atoms with Gasteiger partial charge in [-0.1, -0.05) is 51.5 Å². The fraction of sp³-hybridized carbons (Fsp3) is 0.786. The molecular weight excluding hydrogens is 200 g/mol. The Labute approximate surface area is 99.1 Å². The van der Waals surface area contributed by atoms with Crippen LogP contribution in [-0.4, -0.2) is 12.6 Å². The summed E-state index contributed by atoms with van der Waals surface area (Å²) in [6.45, 7) is 2.83. The summed E-state index contributed by atoms with van der Waals surface area (Å²) in [6, 6.07) is 0. The van der Waals surface area contributed by atoms with E-state index in [1.165, 1.54) is 44.9 Å². The highest BCUT2D eigenvalue weighted by molar-refractivity contribution is 5.90. The van der Waals surface area contributed by atoms with E-state index < -0.39 is 0 Å². The molecule has 0 aromatic carbocycles. The molecule has 0 aromatic heterocycles. The highest BCUT2D eigenvalue weighted by atomic mass is 16.5. The molecule has 0 aliphatic carbocycles. The molecule has 1 rings (SSSR count). The molecule has 92 valence electrons. The van der Waals surface area contributed by atoms with Crippen LogP contribution in [0.25, 0.3) is 0 Å². The van der Waals surface area contributed by atoms with Crippen molar-refractivity contribution in [1.29, 1.82) is 0 Å². The first-order chi connectivity index (χ1) is 7.84. The second-order valence-corrected chi connectivity index (χ2v) is 4.53. The van der Waals surface area contributed by atoms with Crippen molar-refractivity contribution >= 4 is 5.97 Å². The number of carbonyl (C=O) groups excluding carboxylic acids is 1. The zero-order valence-corrected chi connectivity index (χ0v) is 10.5. The molecule has 1 saturated heterocycles. The monoisotopic (exact) mass is 224 g/mol. The third kappa shape index (κ3) is 5.34. The molecule has 1 heterocycles. The molecule has 0 unspecified atom stereocenters. The molecule has 0 amide bonds. The molecule has 2 heteroatoms. The third-order valence-corrected chi connectivity index (χ3v) is 3.07. The Bertz CT molecular complexity index is 231. The van der Waals surface area contributed by atoms with Gasteiger partial charge in [0.25, 0.3) is 0 Å². The summed E-state index contributed by atoms with van der Waals surface area (Å²) in [5.41, 5.74) is 0.894. The third-order valence-electron chi connectivity index (χ3n) is 3.07. The fourth-order valence-electron chi connectivity index (χ4n) is 2.01. The van der Waals surface area contributed by atoms with Gasteiger partial charge in [0.15, 0.2) is 0 Å². The van der Waals surface area contributed by atoms with Crippen molar-refractivity contribution < 1.29 is 9.53 Å². The van der Waals surface area contributed by atoms with Gasteiger partial charge in [0.2, 0.25) is 0 Å². The predicted molar refractivity (Wildman–Crippen MR) is 66.3 cm³/mol. The van der Waals surface area contributed by atoms with E-state index >= 15 is 0 Å². The molecule has 1 aliphatic heterocycles. The van der Waals surface area contributed by atoms with Crippen LogP contribution in [-0.2, 0) is 9.53 Å². The number of rotatable bonds is 8. The van der Waals surface area contributed by atoms with Crippen LogP contribution in [0.5, 0.6) is 0 Å². The fourth-order valence-corrected chi connectivity index (χ4v) is 2.01. The van der Waals surface area contributed by atoms with E-state index in [9.17, 15) is 4.79 Å². The second kappa shape index (κ2) is 8.37. The molecule has 0 aromatic rings. The summed E-state index contributed by atoms with van der Waals surface area (Å²) < 4.78 is 4.88. The maximum absolute atomic E-state index is 11.1. The maximum Gasteiger partial charge on any atom is 0.333 e. The number of hydrogen-bond donors (Lipinski definition) is 0. The van der Waals surface area contributed by atoms with Crippen molar-refractivity contribution in [2.24, 2.45) is 0 Å². The number of carbonyl (C=O) groups is 1. The van der Waals surface area contributed by atoms with Gasteiger partial charge in [-0.25, -0.2) is 4.79 Å². The van der Waals surface area contributed by atoms with Crippen LogP contribution in [0.1, 0.15) is 64.7 Å². The van der Waals surface area contributed by atoms with Crippen molar-refractivity contribution in [1.82, 2.24) is 0 Å². The molecule has 0 bridgehead atoms. The minimum atomic E-state index is -0.0945. The average Bonchev–Trinajstić information content (AvgIpc) is 2.68. The van der Waals surface area contributed by atoms with Gasteiger partial charge < -0.3 is 4.74 Å². The second-order valence-electron chi connectivity index (χ2n) is 4.53. The van der Waals surface area contributed by atoms with Crippen LogP contribution < -0.4 is 0 Å². The van der Waals surface area contributed by atoms with Gasteiger partial charge in [-0.15, -0.1) is 0 Å². The van der Waals surface area contributed by atoms with Gasteiger partial charge in [0.05, 0.1) is 6.61 Å². The van der Waals surface area contributed by atoms with Gasteiger partial charge in [-0.3, -0.25) is 0 Å². The molecule has 0 radical (unpaired) electrons. The lowest BCUT2D eigenvalue weighted by molar-refractivity contribution is -0.135. The minimum absolute atomic E-state index is 0.0945. The lowest BCUT2D eigenvalue weighted by Gasteiger charge is -1.99. The number of cyclic esters (lactones) is 1. The largest absolute Gasteiger partial charge is 0.462 e. The standard InChI is InChI=1S/C14H24O2/c1-2-3-4-5-6-7-8-9-10-13-11-12-16-14(13)15/h10H,2-9,11-12H2,1H3/b13-10-. The van der Waals surface area contributed by atoms with E-state index in [2.05, 4.69) is 13.0 Å². The SMILES string of the molecule is CCCCCCCCC/C=C1/CCOC1=O. The Morgan fingerprint density at radius 1 is 1.12 bits per heavy atom. The lowest BCUT2D eigenvalue weighted by Crippen LogP contribution is -1.94. The Morgan fingerprint density at radius 2 is 1.81 bits per heavy atom. The topological polar surface area (TPSA) is 26.3 Å². The Hall–Kier alpha value is -0.790. The van der Waals surface area contributed by atoms with E-state index in [0.717, 1.165) is 18.4 Å². The number of ether oxygens (including phenoxy) is 1. The first-order valence-corrected chi connectivity index (χ1v) is 6.70. The number of hydrogen-bond acceptors (Lipinski definition) is 2. The van der Waals surface area contributed by atoms with Crippen LogP contribution in [0.2, 0.25) is 0 Å². The summed E-state index contributed by atoms with van der Waals surface area (Å²) in [6.07, 6.45) is 13.2. The van der Waals surface area contributed by atoms with Gasteiger partial charge in [-0.05, 0) is 12.8 Å². The smallest absolute Gasteiger partial charge is 0.333 e. The van der Waals surface area contributed by atoms with Crippen LogP contribution in [0.4, 0.5) is 0 Å². The van der Waals surface area contributed by atoms with Crippen molar-refractivity contribution in [2.75, 3.05) is 6.61 Å². The van der Waals surface area contributed by atoms with E-state index in [4.69, 9.17) is 4.74 Å². The minimum Gasteiger partial charge on any atom is -0.462 e. The molecule has 2 nitrogen and oxygen atoms in total. The van der Waals surface area contributed by atoms with Crippen LogP contribution >= 0.6 is 0 Å². The van der Waals surface area contributed by atoms with E-state index in [1.54, 1.807) is 0 Å². The van der Waals surface area contributed by atoms with Crippen molar-refractivity contribution in [3.8, 4) is 0 Å². The highest BCUT2D eigenvalue weighted by Gasteiger charge is 2.17. The summed E-state index contributed by atoms with van der Waals surface area (Å²) >= 11 is 0. The van der Waals surface area contributed by atoms with Crippen LogP contribution in [0, 0.1) is 0 Å².